The largest absolute Gasteiger partial charge is 0.448 e. The number of aliphatic hydroxyl groups excluding tert-OH is 1. The van der Waals surface area contributed by atoms with E-state index in [9.17, 15) is 19.1 Å². The van der Waals surface area contributed by atoms with Gasteiger partial charge in [0.25, 0.3) is 0 Å². The molecule has 0 unspecified atom stereocenters. The van der Waals surface area contributed by atoms with Gasteiger partial charge >= 0.3 is 5.97 Å². The van der Waals surface area contributed by atoms with Crippen molar-refractivity contribution in [2.24, 2.45) is 28.6 Å². The second-order valence-corrected chi connectivity index (χ2v) is 12.2. The first-order valence-electron chi connectivity index (χ1n) is 13.3. The molecule has 0 bridgehead atoms. The molecule has 10 heteroatoms. The molecule has 0 aromatic carbocycles. The second kappa shape index (κ2) is 9.11. The molecule has 1 N–H and O–H groups in total. The third kappa shape index (κ3) is 3.71. The average Bonchev–Trinajstić information content (AvgIpc) is 3.41. The van der Waals surface area contributed by atoms with E-state index in [0.717, 1.165) is 16.8 Å². The van der Waals surface area contributed by atoms with Crippen LogP contribution in [0.25, 0.3) is 11.8 Å². The Morgan fingerprint density at radius 2 is 2.08 bits per heavy atom. The number of hydrogen-bond acceptors (Lipinski definition) is 7. The molecule has 0 saturated heterocycles. The zero-order valence-corrected chi connectivity index (χ0v) is 23.0. The fraction of sp³-hybridized carbons (Fsp3) is 0.517. The zero-order chi connectivity index (χ0) is 27.7. The summed E-state index contributed by atoms with van der Waals surface area (Å²) in [6.07, 6.45) is 11.0. The number of halogens is 1. The van der Waals surface area contributed by atoms with Crippen LogP contribution in [0.15, 0.2) is 42.3 Å². The Bertz CT molecular complexity index is 1410. The van der Waals surface area contributed by atoms with E-state index in [1.165, 1.54) is 19.4 Å². The third-order valence-electron chi connectivity index (χ3n) is 9.96. The summed E-state index contributed by atoms with van der Waals surface area (Å²) in [5, 5.41) is 15.9. The average molecular weight is 554 g/mol. The molecule has 0 radical (unpaired) electrons. The molecule has 2 heterocycles. The van der Waals surface area contributed by atoms with Gasteiger partial charge in [0, 0.05) is 23.9 Å². The molecule has 2 aromatic rings. The van der Waals surface area contributed by atoms with Crippen LogP contribution in [0.3, 0.4) is 0 Å². The highest BCUT2D eigenvalue weighted by Gasteiger charge is 2.69. The van der Waals surface area contributed by atoms with Crippen LogP contribution in [0.5, 0.6) is 0 Å². The minimum Gasteiger partial charge on any atom is -0.448 e. The van der Waals surface area contributed by atoms with E-state index in [1.54, 1.807) is 10.7 Å². The lowest BCUT2D eigenvalue weighted by molar-refractivity contribution is -0.194. The van der Waals surface area contributed by atoms with Crippen LogP contribution in [-0.4, -0.2) is 56.4 Å². The SMILES string of the molecule is COCC(=O)O[C@]1(C(=O)S)CC[C@H]2[C@@H]3C=CC4=Cc5c(cnn5-c5ccc(F)nc5)C[C@]4(C)[C@H]3[C@@H](O)C[C@@]21C. The van der Waals surface area contributed by atoms with Gasteiger partial charge in [0.15, 0.2) is 5.60 Å². The van der Waals surface area contributed by atoms with Crippen molar-refractivity contribution in [2.45, 2.75) is 51.2 Å². The number of aliphatic hydroxyl groups is 1. The standard InChI is InChI=1S/C29H32FN3O5S/c1-27-11-16-13-32-33(18-5-7-23(30)31-14-18)21(16)10-17(27)4-6-19-20-8-9-29(26(36)39,38-24(35)15-37-3)28(20,2)12-22(34)25(19)27/h4-7,10,13-14,19-20,22,25,34H,8-9,11-12,15H2,1-3H3,(H,36,39)/t19-,20-,22-,25+,27-,28-,29-/m0/s1. The fourth-order valence-corrected chi connectivity index (χ4v) is 8.64. The van der Waals surface area contributed by atoms with Gasteiger partial charge in [-0.2, -0.15) is 9.49 Å². The topological polar surface area (TPSA) is 104 Å². The van der Waals surface area contributed by atoms with E-state index < -0.39 is 34.2 Å². The highest BCUT2D eigenvalue weighted by atomic mass is 32.1. The van der Waals surface area contributed by atoms with Gasteiger partial charge in [0.2, 0.25) is 11.1 Å². The first kappa shape index (κ1) is 26.4. The lowest BCUT2D eigenvalue weighted by Gasteiger charge is -2.58. The molecule has 0 amide bonds. The van der Waals surface area contributed by atoms with Crippen molar-refractivity contribution in [1.82, 2.24) is 14.8 Å². The van der Waals surface area contributed by atoms with Crippen molar-refractivity contribution in [3.8, 4) is 5.69 Å². The minimum absolute atomic E-state index is 0.0152. The quantitative estimate of drug-likeness (QED) is 0.331. The van der Waals surface area contributed by atoms with E-state index in [-0.39, 0.29) is 29.8 Å². The molecule has 206 valence electrons. The first-order valence-corrected chi connectivity index (χ1v) is 13.7. The molecule has 0 aliphatic heterocycles. The molecule has 4 aliphatic rings. The van der Waals surface area contributed by atoms with Crippen LogP contribution in [0.1, 0.15) is 44.4 Å². The molecule has 6 rings (SSSR count). The Hall–Kier alpha value is -2.82. The molecule has 2 fully saturated rings. The molecule has 0 spiro atoms. The number of rotatable bonds is 5. The Morgan fingerprint density at radius 3 is 2.77 bits per heavy atom. The minimum atomic E-state index is -1.42. The van der Waals surface area contributed by atoms with Crippen LogP contribution < -0.4 is 0 Å². The molecule has 8 nitrogen and oxygen atoms in total. The van der Waals surface area contributed by atoms with E-state index >= 15 is 0 Å². The fourth-order valence-electron chi connectivity index (χ4n) is 8.23. The summed E-state index contributed by atoms with van der Waals surface area (Å²) < 4.78 is 26.0. The maximum Gasteiger partial charge on any atom is 0.333 e. The van der Waals surface area contributed by atoms with Gasteiger partial charge in [0.1, 0.15) is 6.61 Å². The third-order valence-corrected chi connectivity index (χ3v) is 10.3. The molecule has 7 atom stereocenters. The van der Waals surface area contributed by atoms with Crippen molar-refractivity contribution < 1.29 is 28.6 Å². The molecule has 39 heavy (non-hydrogen) atoms. The van der Waals surface area contributed by atoms with Crippen molar-refractivity contribution in [1.29, 1.82) is 0 Å². The lowest BCUT2D eigenvalue weighted by Crippen LogP contribution is -2.61. The summed E-state index contributed by atoms with van der Waals surface area (Å²) >= 11 is 4.20. The van der Waals surface area contributed by atoms with Crippen molar-refractivity contribution in [3.05, 3.63) is 59.5 Å². The zero-order valence-electron chi connectivity index (χ0n) is 22.1. The molecular weight excluding hydrogens is 521 g/mol. The summed E-state index contributed by atoms with van der Waals surface area (Å²) in [4.78, 5) is 29.3. The number of fused-ring (bicyclic) bond motifs is 6. The molecule has 2 aromatic heterocycles. The summed E-state index contributed by atoms with van der Waals surface area (Å²) in [6, 6.07) is 2.96. The maximum atomic E-state index is 13.4. The van der Waals surface area contributed by atoms with Gasteiger partial charge in [-0.3, -0.25) is 4.79 Å². The number of ether oxygens (including phenoxy) is 2. The Kier molecular flexibility index (Phi) is 6.17. The number of hydrogen-bond donors (Lipinski definition) is 2. The number of allylic oxidation sites excluding steroid dienone is 3. The van der Waals surface area contributed by atoms with Crippen LogP contribution in [-0.2, 0) is 25.5 Å². The molecule has 2 saturated carbocycles. The monoisotopic (exact) mass is 553 g/mol. The number of aromatic nitrogens is 3. The predicted octanol–water partition coefficient (Wildman–Crippen LogP) is 3.72. The summed E-state index contributed by atoms with van der Waals surface area (Å²) in [5.41, 5.74) is 1.16. The predicted molar refractivity (Wildman–Crippen MR) is 143 cm³/mol. The Labute approximate surface area is 231 Å². The Morgan fingerprint density at radius 1 is 1.28 bits per heavy atom. The second-order valence-electron chi connectivity index (χ2n) is 11.8. The number of methoxy groups -OCH3 is 1. The van der Waals surface area contributed by atoms with E-state index in [4.69, 9.17) is 9.47 Å². The van der Waals surface area contributed by atoms with Crippen molar-refractivity contribution in [3.63, 3.8) is 0 Å². The van der Waals surface area contributed by atoms with Crippen LogP contribution >= 0.6 is 12.6 Å². The van der Waals surface area contributed by atoms with Crippen molar-refractivity contribution in [2.75, 3.05) is 13.7 Å². The summed E-state index contributed by atoms with van der Waals surface area (Å²) in [7, 11) is 1.40. The van der Waals surface area contributed by atoms with E-state index in [1.807, 2.05) is 13.1 Å². The number of carbonyl (C=O) groups is 2. The normalized spacial score (nSPS) is 36.3. The number of pyridine rings is 1. The lowest BCUT2D eigenvalue weighted by atomic mass is 9.47. The molecular formula is C29H32FN3O5S. The van der Waals surface area contributed by atoms with E-state index in [2.05, 4.69) is 47.9 Å². The van der Waals surface area contributed by atoms with Crippen LogP contribution in [0, 0.1) is 34.5 Å². The van der Waals surface area contributed by atoms with Gasteiger partial charge in [-0.1, -0.05) is 26.0 Å². The number of nitrogens with zero attached hydrogens (tertiary/aromatic N) is 3. The van der Waals surface area contributed by atoms with Gasteiger partial charge < -0.3 is 14.6 Å². The molecule has 4 aliphatic carbocycles. The summed E-state index contributed by atoms with van der Waals surface area (Å²) in [5.74, 6) is -1.26. The smallest absolute Gasteiger partial charge is 0.333 e. The highest BCUT2D eigenvalue weighted by Crippen LogP contribution is 2.67. The van der Waals surface area contributed by atoms with Crippen molar-refractivity contribution >= 4 is 29.8 Å². The van der Waals surface area contributed by atoms with Crippen LogP contribution in [0.2, 0.25) is 0 Å². The van der Waals surface area contributed by atoms with Crippen LogP contribution in [0.4, 0.5) is 4.39 Å². The Balaban J connectivity index is 1.38. The van der Waals surface area contributed by atoms with Gasteiger partial charge in [-0.25, -0.2) is 14.5 Å². The number of thiol groups is 1. The van der Waals surface area contributed by atoms with E-state index in [0.29, 0.717) is 31.4 Å². The van der Waals surface area contributed by atoms with Gasteiger partial charge in [-0.05, 0) is 66.9 Å². The maximum absolute atomic E-state index is 13.4. The van der Waals surface area contributed by atoms with Gasteiger partial charge in [0.05, 0.1) is 29.9 Å². The highest BCUT2D eigenvalue weighted by molar-refractivity contribution is 7.96. The number of esters is 1. The number of carbonyl (C=O) groups excluding carboxylic acids is 2. The first-order chi connectivity index (χ1) is 18.5. The summed E-state index contributed by atoms with van der Waals surface area (Å²) in [6.45, 7) is 3.89. The van der Waals surface area contributed by atoms with Gasteiger partial charge in [-0.15, -0.1) is 12.6 Å².